The minimum Gasteiger partial charge on any atom is -0.317 e. The zero-order valence-corrected chi connectivity index (χ0v) is 14.3. The fourth-order valence-electron chi connectivity index (χ4n) is 4.36. The van der Waals surface area contributed by atoms with E-state index in [4.69, 9.17) is 0 Å². The molecule has 2 fully saturated rings. The smallest absolute Gasteiger partial charge is 0.00928 e. The molecule has 118 valence electrons. The quantitative estimate of drug-likeness (QED) is 0.840. The summed E-state index contributed by atoms with van der Waals surface area (Å²) in [6.07, 6.45) is 9.93. The van der Waals surface area contributed by atoms with Crippen LogP contribution in [0.5, 0.6) is 0 Å². The summed E-state index contributed by atoms with van der Waals surface area (Å²) in [5, 5.41) is 3.52. The average molecular weight is 280 g/mol. The Morgan fingerprint density at radius 1 is 1.00 bits per heavy atom. The van der Waals surface area contributed by atoms with Gasteiger partial charge in [-0.05, 0) is 82.5 Å². The first-order chi connectivity index (χ1) is 9.50. The molecule has 0 spiro atoms. The Labute approximate surface area is 126 Å². The molecule has 0 amide bonds. The van der Waals surface area contributed by atoms with E-state index in [1.54, 1.807) is 0 Å². The maximum Gasteiger partial charge on any atom is 0.00928 e. The van der Waals surface area contributed by atoms with Crippen LogP contribution in [-0.4, -0.2) is 37.6 Å². The Hall–Kier alpha value is -0.0800. The van der Waals surface area contributed by atoms with Crippen LogP contribution in [0, 0.1) is 17.3 Å². The molecule has 20 heavy (non-hydrogen) atoms. The maximum atomic E-state index is 3.52. The first-order valence-corrected chi connectivity index (χ1v) is 8.90. The molecule has 2 nitrogen and oxygen atoms in total. The summed E-state index contributed by atoms with van der Waals surface area (Å²) < 4.78 is 0. The summed E-state index contributed by atoms with van der Waals surface area (Å²) in [7, 11) is 2.14. The number of likely N-dealkylation sites (tertiary alicyclic amines) is 1. The lowest BCUT2D eigenvalue weighted by molar-refractivity contribution is 0.203. The molecule has 2 heteroatoms. The second-order valence-electron chi connectivity index (χ2n) is 8.21. The third kappa shape index (κ3) is 4.46. The van der Waals surface area contributed by atoms with Gasteiger partial charge in [0.25, 0.3) is 0 Å². The van der Waals surface area contributed by atoms with Crippen LogP contribution in [0.3, 0.4) is 0 Å². The van der Waals surface area contributed by atoms with Gasteiger partial charge < -0.3 is 10.2 Å². The highest BCUT2D eigenvalue weighted by Gasteiger charge is 2.29. The topological polar surface area (TPSA) is 15.3 Å². The van der Waals surface area contributed by atoms with Gasteiger partial charge >= 0.3 is 0 Å². The molecule has 0 aromatic carbocycles. The van der Waals surface area contributed by atoms with E-state index in [0.29, 0.717) is 5.41 Å². The molecule has 2 rings (SSSR count). The van der Waals surface area contributed by atoms with Gasteiger partial charge in [0.15, 0.2) is 0 Å². The van der Waals surface area contributed by atoms with Gasteiger partial charge in [0, 0.05) is 6.04 Å². The van der Waals surface area contributed by atoms with Crippen molar-refractivity contribution < 1.29 is 0 Å². The lowest BCUT2D eigenvalue weighted by atomic mass is 9.77. The molecule has 0 radical (unpaired) electrons. The monoisotopic (exact) mass is 280 g/mol. The molecule has 3 unspecified atom stereocenters. The van der Waals surface area contributed by atoms with Crippen LogP contribution in [0.25, 0.3) is 0 Å². The third-order valence-electron chi connectivity index (χ3n) is 5.89. The van der Waals surface area contributed by atoms with E-state index in [1.165, 1.54) is 64.6 Å². The number of hydrogen-bond acceptors (Lipinski definition) is 2. The molecule has 1 aliphatic heterocycles. The van der Waals surface area contributed by atoms with Gasteiger partial charge in [-0.3, -0.25) is 0 Å². The minimum atomic E-state index is 0.499. The lowest BCUT2D eigenvalue weighted by Gasteiger charge is -2.30. The van der Waals surface area contributed by atoms with Gasteiger partial charge in [-0.1, -0.05) is 27.2 Å². The van der Waals surface area contributed by atoms with E-state index in [2.05, 4.69) is 38.0 Å². The molecule has 1 N–H and O–H groups in total. The molecule has 2 aliphatic rings. The highest BCUT2D eigenvalue weighted by molar-refractivity contribution is 4.84. The first kappa shape index (κ1) is 16.3. The van der Waals surface area contributed by atoms with E-state index >= 15 is 0 Å². The van der Waals surface area contributed by atoms with Crippen LogP contribution in [0.15, 0.2) is 0 Å². The summed E-state index contributed by atoms with van der Waals surface area (Å²) in [6.45, 7) is 11.3. The van der Waals surface area contributed by atoms with Gasteiger partial charge in [0.1, 0.15) is 0 Å². The zero-order valence-electron chi connectivity index (χ0n) is 14.3. The second kappa shape index (κ2) is 7.26. The van der Waals surface area contributed by atoms with Crippen molar-refractivity contribution in [3.8, 4) is 0 Å². The molecular formula is C18H36N2. The second-order valence-corrected chi connectivity index (χ2v) is 8.21. The normalized spacial score (nSPS) is 33.3. The summed E-state index contributed by atoms with van der Waals surface area (Å²) >= 11 is 0. The fraction of sp³-hybridized carbons (Fsp3) is 1.00. The van der Waals surface area contributed by atoms with Gasteiger partial charge in [0.05, 0.1) is 0 Å². The summed E-state index contributed by atoms with van der Waals surface area (Å²) in [5.74, 6) is 1.85. The zero-order chi connectivity index (χ0) is 14.6. The molecule has 1 saturated carbocycles. The number of nitrogens with one attached hydrogen (secondary N) is 1. The van der Waals surface area contributed by atoms with E-state index in [1.807, 2.05) is 0 Å². The van der Waals surface area contributed by atoms with Crippen molar-refractivity contribution in [2.24, 2.45) is 17.3 Å². The largest absolute Gasteiger partial charge is 0.317 e. The Balaban J connectivity index is 1.74. The maximum absolute atomic E-state index is 3.52. The standard InChI is InChI=1S/C18H36N2/c1-18(2,3)16-8-6-12-20(14-11-16)13-10-15-7-5-9-17(15)19-4/h15-17,19H,5-14H2,1-4H3. The van der Waals surface area contributed by atoms with Crippen molar-refractivity contribution in [3.63, 3.8) is 0 Å². The molecule has 0 aromatic rings. The number of rotatable bonds is 4. The third-order valence-corrected chi connectivity index (χ3v) is 5.89. The van der Waals surface area contributed by atoms with Crippen molar-refractivity contribution in [3.05, 3.63) is 0 Å². The van der Waals surface area contributed by atoms with Crippen molar-refractivity contribution in [1.82, 2.24) is 10.2 Å². The Bertz CT molecular complexity index is 282. The predicted molar refractivity (Wildman–Crippen MR) is 88.0 cm³/mol. The molecule has 0 aromatic heterocycles. The Kier molecular flexibility index (Phi) is 5.92. The number of nitrogens with zero attached hydrogens (tertiary/aromatic N) is 1. The highest BCUT2D eigenvalue weighted by Crippen LogP contribution is 2.34. The van der Waals surface area contributed by atoms with Crippen molar-refractivity contribution >= 4 is 0 Å². The van der Waals surface area contributed by atoms with Crippen molar-refractivity contribution in [2.75, 3.05) is 26.7 Å². The minimum absolute atomic E-state index is 0.499. The molecular weight excluding hydrogens is 244 g/mol. The SMILES string of the molecule is CNC1CCCC1CCN1CCCC(C(C)(C)C)CC1. The van der Waals surface area contributed by atoms with Gasteiger partial charge in [-0.25, -0.2) is 0 Å². The van der Waals surface area contributed by atoms with Crippen LogP contribution in [0.4, 0.5) is 0 Å². The molecule has 1 heterocycles. The van der Waals surface area contributed by atoms with E-state index in [9.17, 15) is 0 Å². The highest BCUT2D eigenvalue weighted by atomic mass is 15.1. The van der Waals surface area contributed by atoms with Crippen LogP contribution in [-0.2, 0) is 0 Å². The lowest BCUT2D eigenvalue weighted by Crippen LogP contribution is -2.33. The summed E-state index contributed by atoms with van der Waals surface area (Å²) in [6, 6.07) is 0.796. The summed E-state index contributed by atoms with van der Waals surface area (Å²) in [4.78, 5) is 2.75. The summed E-state index contributed by atoms with van der Waals surface area (Å²) in [5.41, 5.74) is 0.499. The van der Waals surface area contributed by atoms with E-state index in [0.717, 1.165) is 17.9 Å². The first-order valence-electron chi connectivity index (χ1n) is 8.90. The Morgan fingerprint density at radius 3 is 2.50 bits per heavy atom. The van der Waals surface area contributed by atoms with Crippen LogP contribution in [0.1, 0.15) is 65.7 Å². The molecule has 1 saturated heterocycles. The van der Waals surface area contributed by atoms with Gasteiger partial charge in [-0.2, -0.15) is 0 Å². The Morgan fingerprint density at radius 2 is 1.80 bits per heavy atom. The fourth-order valence-corrected chi connectivity index (χ4v) is 4.36. The molecule has 3 atom stereocenters. The van der Waals surface area contributed by atoms with Crippen LogP contribution in [0.2, 0.25) is 0 Å². The van der Waals surface area contributed by atoms with Crippen LogP contribution < -0.4 is 5.32 Å². The van der Waals surface area contributed by atoms with E-state index < -0.39 is 0 Å². The van der Waals surface area contributed by atoms with Crippen molar-refractivity contribution in [2.45, 2.75) is 71.8 Å². The van der Waals surface area contributed by atoms with Gasteiger partial charge in [0.2, 0.25) is 0 Å². The van der Waals surface area contributed by atoms with Gasteiger partial charge in [-0.15, -0.1) is 0 Å². The van der Waals surface area contributed by atoms with Crippen LogP contribution >= 0.6 is 0 Å². The average Bonchev–Trinajstić information content (AvgIpc) is 2.70. The predicted octanol–water partition coefficient (Wildman–Crippen LogP) is 3.91. The van der Waals surface area contributed by atoms with Crippen molar-refractivity contribution in [1.29, 1.82) is 0 Å². The molecule has 1 aliphatic carbocycles. The molecule has 0 bridgehead atoms. The number of hydrogen-bond donors (Lipinski definition) is 1. The van der Waals surface area contributed by atoms with E-state index in [-0.39, 0.29) is 0 Å².